The average Bonchev–Trinajstić information content (AvgIpc) is 3.19. The van der Waals surface area contributed by atoms with E-state index in [4.69, 9.17) is 4.74 Å². The molecule has 0 amide bonds. The highest BCUT2D eigenvalue weighted by Crippen LogP contribution is 2.27. The van der Waals surface area contributed by atoms with Gasteiger partial charge >= 0.3 is 5.69 Å². The van der Waals surface area contributed by atoms with Crippen LogP contribution < -0.4 is 16.0 Å². The number of H-pyrrole nitrogens is 2. The first-order valence-corrected chi connectivity index (χ1v) is 9.82. The second-order valence-electron chi connectivity index (χ2n) is 7.19. The van der Waals surface area contributed by atoms with Crippen LogP contribution in [0.3, 0.4) is 0 Å². The number of methoxy groups -OCH3 is 1. The number of hydrogen-bond acceptors (Lipinski definition) is 5. The van der Waals surface area contributed by atoms with Gasteiger partial charge in [0.15, 0.2) is 0 Å². The lowest BCUT2D eigenvalue weighted by Gasteiger charge is -2.14. The van der Waals surface area contributed by atoms with Gasteiger partial charge in [-0.3, -0.25) is 9.79 Å². The van der Waals surface area contributed by atoms with E-state index in [0.717, 1.165) is 0 Å². The predicted octanol–water partition coefficient (Wildman–Crippen LogP) is 3.63. The highest BCUT2D eigenvalue weighted by atomic mass is 16.5. The second kappa shape index (κ2) is 7.59. The molecule has 0 saturated carbocycles. The number of nitrogens with zero attached hydrogens (tertiary/aromatic N) is 2. The van der Waals surface area contributed by atoms with Crippen molar-refractivity contribution in [2.75, 3.05) is 7.11 Å². The zero-order valence-electron chi connectivity index (χ0n) is 17.0. The summed E-state index contributed by atoms with van der Waals surface area (Å²) in [4.78, 5) is 34.5. The number of imidazole rings is 1. The largest absolute Gasteiger partial charge is 0.497 e. The monoisotopic (exact) mass is 426 g/mol. The van der Waals surface area contributed by atoms with Gasteiger partial charge in [-0.05, 0) is 48.5 Å². The van der Waals surface area contributed by atoms with Crippen LogP contribution in [0.5, 0.6) is 11.6 Å². The molecule has 0 radical (unpaired) electrons. The van der Waals surface area contributed by atoms with E-state index in [9.17, 15) is 14.7 Å². The summed E-state index contributed by atoms with van der Waals surface area (Å²) in [6, 6.07) is 19.1. The van der Waals surface area contributed by atoms with Crippen molar-refractivity contribution in [1.29, 1.82) is 0 Å². The minimum Gasteiger partial charge on any atom is -0.497 e. The summed E-state index contributed by atoms with van der Waals surface area (Å²) in [6.07, 6.45) is 1.52. The number of aromatic amines is 2. The molecule has 0 fully saturated rings. The maximum Gasteiger partial charge on any atom is 0.323 e. The summed E-state index contributed by atoms with van der Waals surface area (Å²) in [5.74, 6) is 0.417. The molecule has 0 aliphatic heterocycles. The normalized spacial score (nSPS) is 11.5. The van der Waals surface area contributed by atoms with Gasteiger partial charge in [0, 0.05) is 17.0 Å². The Kier molecular flexibility index (Phi) is 4.59. The van der Waals surface area contributed by atoms with Gasteiger partial charge in [-0.1, -0.05) is 18.2 Å². The van der Waals surface area contributed by atoms with E-state index in [1.807, 2.05) is 0 Å². The molecule has 2 aromatic heterocycles. The van der Waals surface area contributed by atoms with E-state index in [1.165, 1.54) is 10.8 Å². The van der Waals surface area contributed by atoms with Gasteiger partial charge in [-0.15, -0.1) is 0 Å². The number of aromatic hydroxyl groups is 1. The van der Waals surface area contributed by atoms with Gasteiger partial charge in [0.1, 0.15) is 5.75 Å². The number of ether oxygens (including phenoxy) is 1. The number of pyridine rings is 1. The maximum atomic E-state index is 13.2. The minimum atomic E-state index is -0.341. The van der Waals surface area contributed by atoms with Crippen molar-refractivity contribution >= 4 is 33.7 Å². The fourth-order valence-electron chi connectivity index (χ4n) is 3.70. The third kappa shape index (κ3) is 3.24. The van der Waals surface area contributed by atoms with E-state index >= 15 is 0 Å². The van der Waals surface area contributed by atoms with Crippen molar-refractivity contribution in [3.8, 4) is 17.3 Å². The highest BCUT2D eigenvalue weighted by Gasteiger charge is 2.16. The topological polar surface area (TPSA) is 112 Å². The third-order valence-electron chi connectivity index (χ3n) is 5.28. The van der Waals surface area contributed by atoms with Crippen LogP contribution in [0, 0.1) is 0 Å². The lowest BCUT2D eigenvalue weighted by Crippen LogP contribution is -2.20. The van der Waals surface area contributed by atoms with E-state index in [1.54, 1.807) is 73.8 Å². The number of fused-ring (bicyclic) bond motifs is 2. The zero-order chi connectivity index (χ0) is 22.2. The Bertz CT molecular complexity index is 1610. The Morgan fingerprint density at radius 1 is 0.938 bits per heavy atom. The summed E-state index contributed by atoms with van der Waals surface area (Å²) in [5.41, 5.74) is 2.15. The highest BCUT2D eigenvalue weighted by molar-refractivity contribution is 6.02. The van der Waals surface area contributed by atoms with Crippen LogP contribution in [0.1, 0.15) is 5.56 Å². The van der Waals surface area contributed by atoms with Crippen molar-refractivity contribution in [3.05, 3.63) is 93.1 Å². The molecule has 0 spiro atoms. The van der Waals surface area contributed by atoms with Crippen LogP contribution in [-0.2, 0) is 0 Å². The predicted molar refractivity (Wildman–Crippen MR) is 124 cm³/mol. The average molecular weight is 426 g/mol. The molecule has 5 rings (SSSR count). The molecule has 0 aliphatic rings. The molecule has 0 unspecified atom stereocenters. The fourth-order valence-corrected chi connectivity index (χ4v) is 3.70. The van der Waals surface area contributed by atoms with Crippen LogP contribution in [-0.4, -0.2) is 33.0 Å². The zero-order valence-corrected chi connectivity index (χ0v) is 17.0. The molecule has 0 saturated heterocycles. The van der Waals surface area contributed by atoms with Gasteiger partial charge in [0.2, 0.25) is 5.88 Å². The van der Waals surface area contributed by atoms with Crippen molar-refractivity contribution < 1.29 is 9.84 Å². The molecule has 0 bridgehead atoms. The summed E-state index contributed by atoms with van der Waals surface area (Å²) < 4.78 is 6.43. The van der Waals surface area contributed by atoms with Crippen LogP contribution in [0.15, 0.2) is 81.3 Å². The van der Waals surface area contributed by atoms with Gasteiger partial charge in [0.05, 0.1) is 35.1 Å². The van der Waals surface area contributed by atoms with Crippen LogP contribution in [0.4, 0.5) is 5.69 Å². The molecule has 8 heteroatoms. The number of benzene rings is 3. The number of aromatic nitrogens is 3. The number of nitrogens with one attached hydrogen (secondary N) is 2. The minimum absolute atomic E-state index is 0.223. The maximum absolute atomic E-state index is 13.2. The summed E-state index contributed by atoms with van der Waals surface area (Å²) in [6.45, 7) is 0. The Morgan fingerprint density at radius 2 is 1.66 bits per heavy atom. The molecule has 3 aromatic carbocycles. The molecular weight excluding hydrogens is 408 g/mol. The van der Waals surface area contributed by atoms with Crippen molar-refractivity contribution in [2.24, 2.45) is 4.99 Å². The smallest absolute Gasteiger partial charge is 0.323 e. The second-order valence-corrected chi connectivity index (χ2v) is 7.19. The summed E-state index contributed by atoms with van der Waals surface area (Å²) in [5, 5.41) is 12.1. The Morgan fingerprint density at radius 3 is 2.41 bits per heavy atom. The molecular formula is C24H18N4O4. The molecule has 0 atom stereocenters. The lowest BCUT2D eigenvalue weighted by molar-refractivity contribution is 0.414. The number of aliphatic imine (C=N–C) groups is 1. The lowest BCUT2D eigenvalue weighted by atomic mass is 10.1. The fraction of sp³-hybridized carbons (Fsp3) is 0.0417. The molecule has 5 aromatic rings. The Balaban J connectivity index is 1.69. The van der Waals surface area contributed by atoms with Gasteiger partial charge < -0.3 is 19.8 Å². The van der Waals surface area contributed by atoms with Crippen molar-refractivity contribution in [2.45, 2.75) is 0 Å². The van der Waals surface area contributed by atoms with E-state index in [-0.39, 0.29) is 17.1 Å². The van der Waals surface area contributed by atoms with E-state index in [2.05, 4.69) is 15.0 Å². The quantitative estimate of drug-likeness (QED) is 0.381. The first-order chi connectivity index (χ1) is 15.5. The van der Waals surface area contributed by atoms with Crippen LogP contribution >= 0.6 is 0 Å². The van der Waals surface area contributed by atoms with Crippen LogP contribution in [0.25, 0.3) is 27.5 Å². The van der Waals surface area contributed by atoms with Gasteiger partial charge in [0.25, 0.3) is 5.56 Å². The molecule has 3 N–H and O–H groups in total. The van der Waals surface area contributed by atoms with Crippen LogP contribution in [0.2, 0.25) is 0 Å². The number of hydrogen-bond donors (Lipinski definition) is 3. The summed E-state index contributed by atoms with van der Waals surface area (Å²) >= 11 is 0. The molecule has 2 heterocycles. The number of rotatable bonds is 4. The van der Waals surface area contributed by atoms with E-state index < -0.39 is 0 Å². The molecule has 8 nitrogen and oxygen atoms in total. The van der Waals surface area contributed by atoms with Gasteiger partial charge in [-0.2, -0.15) is 0 Å². The Labute approximate surface area is 181 Å². The SMILES string of the molecule is COc1ccc(-n2c(O)c(C=Nc3ccc4[nH]c(=O)[nH]c4c3)c3ccccc3c2=O)cc1. The first-order valence-electron chi connectivity index (χ1n) is 9.82. The van der Waals surface area contributed by atoms with E-state index in [0.29, 0.717) is 44.5 Å². The molecule has 0 aliphatic carbocycles. The van der Waals surface area contributed by atoms with Gasteiger partial charge in [-0.25, -0.2) is 9.36 Å². The molecule has 158 valence electrons. The first kappa shape index (κ1) is 19.4. The standard InChI is InChI=1S/C24H18N4O4/c1-32-16-9-7-15(8-10-16)28-22(29)18-5-3-2-4-17(18)19(23(28)30)13-25-14-6-11-20-21(12-14)27-24(31)26-20/h2-13,30H,1H3,(H2,26,27,31). The Hall–Kier alpha value is -4.59. The molecule has 32 heavy (non-hydrogen) atoms. The summed E-state index contributed by atoms with van der Waals surface area (Å²) in [7, 11) is 1.56. The van der Waals surface area contributed by atoms with Crippen molar-refractivity contribution in [3.63, 3.8) is 0 Å². The third-order valence-corrected chi connectivity index (χ3v) is 5.28. The van der Waals surface area contributed by atoms with Crippen molar-refractivity contribution in [1.82, 2.24) is 14.5 Å².